The molecule has 4 rings (SSSR count). The quantitative estimate of drug-likeness (QED) is 0.467. The first kappa shape index (κ1) is 21.8. The second-order valence-electron chi connectivity index (χ2n) is 7.26. The average Bonchev–Trinajstić information content (AvgIpc) is 3.20. The molecule has 0 aliphatic carbocycles. The van der Waals surface area contributed by atoms with Gasteiger partial charge in [0.25, 0.3) is 11.8 Å². The fourth-order valence-corrected chi connectivity index (χ4v) is 3.20. The van der Waals surface area contributed by atoms with Gasteiger partial charge in [-0.3, -0.25) is 9.59 Å². The van der Waals surface area contributed by atoms with E-state index in [-0.39, 0.29) is 24.0 Å². The number of nitrogens with zero attached hydrogens (tertiary/aromatic N) is 3. The second-order valence-corrected chi connectivity index (χ2v) is 7.26. The van der Waals surface area contributed by atoms with E-state index in [0.29, 0.717) is 22.6 Å². The molecule has 0 aliphatic heterocycles. The van der Waals surface area contributed by atoms with Crippen molar-refractivity contribution in [1.82, 2.24) is 20.3 Å². The first-order valence-electron chi connectivity index (χ1n) is 10.0. The van der Waals surface area contributed by atoms with Crippen molar-refractivity contribution in [1.29, 1.82) is 0 Å². The van der Waals surface area contributed by atoms with E-state index in [1.807, 2.05) is 0 Å². The van der Waals surface area contributed by atoms with Crippen molar-refractivity contribution in [2.75, 3.05) is 5.32 Å². The molecule has 2 amide bonds. The number of amides is 2. The van der Waals surface area contributed by atoms with E-state index < -0.39 is 11.7 Å². The van der Waals surface area contributed by atoms with Crippen molar-refractivity contribution >= 4 is 17.5 Å². The highest BCUT2D eigenvalue weighted by Gasteiger charge is 2.17. The summed E-state index contributed by atoms with van der Waals surface area (Å²) in [6.07, 6.45) is 0. The number of hydrogen-bond donors (Lipinski definition) is 2. The van der Waals surface area contributed by atoms with Crippen LogP contribution in [0.4, 0.5) is 14.5 Å². The van der Waals surface area contributed by atoms with E-state index in [1.165, 1.54) is 41.1 Å². The number of carbonyl (C=O) groups excluding carboxylic acids is 2. The lowest BCUT2D eigenvalue weighted by Crippen LogP contribution is -2.24. The summed E-state index contributed by atoms with van der Waals surface area (Å²) in [7, 11) is 0. The molecule has 0 spiro atoms. The molecule has 1 aromatic heterocycles. The number of carbonyl (C=O) groups is 2. The van der Waals surface area contributed by atoms with Crippen LogP contribution in [0.3, 0.4) is 0 Å². The van der Waals surface area contributed by atoms with Gasteiger partial charge in [-0.15, -0.1) is 5.10 Å². The molecule has 0 unspecified atom stereocenters. The lowest BCUT2D eigenvalue weighted by Gasteiger charge is -2.09. The maximum atomic E-state index is 13.2. The summed E-state index contributed by atoms with van der Waals surface area (Å²) in [5.41, 5.74) is 2.87. The number of aromatic nitrogens is 3. The topological polar surface area (TPSA) is 88.9 Å². The molecule has 0 aliphatic rings. The average molecular weight is 447 g/mol. The molecule has 0 saturated carbocycles. The van der Waals surface area contributed by atoms with Gasteiger partial charge in [0.1, 0.15) is 11.6 Å². The van der Waals surface area contributed by atoms with Gasteiger partial charge in [-0.05, 0) is 73.2 Å². The van der Waals surface area contributed by atoms with Gasteiger partial charge in [-0.1, -0.05) is 17.3 Å². The molecule has 2 N–H and O–H groups in total. The van der Waals surface area contributed by atoms with Crippen molar-refractivity contribution in [2.24, 2.45) is 0 Å². The van der Waals surface area contributed by atoms with Crippen LogP contribution < -0.4 is 10.6 Å². The van der Waals surface area contributed by atoms with Gasteiger partial charge >= 0.3 is 0 Å². The minimum Gasteiger partial charge on any atom is -0.347 e. The van der Waals surface area contributed by atoms with Gasteiger partial charge in [-0.2, -0.15) is 0 Å². The molecule has 0 saturated heterocycles. The molecule has 166 valence electrons. The molecular weight excluding hydrogens is 428 g/mol. The third-order valence-electron chi connectivity index (χ3n) is 4.93. The lowest BCUT2D eigenvalue weighted by molar-refractivity contribution is 0.0944. The SMILES string of the molecule is Cc1c(C(=O)NCc2cccc(NC(=O)c3ccc(F)cc3)c2)nnn1-c1ccc(F)cc1. The predicted molar refractivity (Wildman–Crippen MR) is 118 cm³/mol. The second kappa shape index (κ2) is 9.39. The zero-order valence-corrected chi connectivity index (χ0v) is 17.5. The molecule has 0 atom stereocenters. The minimum absolute atomic E-state index is 0.153. The summed E-state index contributed by atoms with van der Waals surface area (Å²) in [5, 5.41) is 13.5. The van der Waals surface area contributed by atoms with E-state index in [0.717, 1.165) is 5.56 Å². The van der Waals surface area contributed by atoms with Crippen LogP contribution in [0.2, 0.25) is 0 Å². The fourth-order valence-electron chi connectivity index (χ4n) is 3.20. The van der Waals surface area contributed by atoms with Crippen LogP contribution in [0.5, 0.6) is 0 Å². The molecule has 9 heteroatoms. The van der Waals surface area contributed by atoms with E-state index >= 15 is 0 Å². The van der Waals surface area contributed by atoms with E-state index in [2.05, 4.69) is 20.9 Å². The van der Waals surface area contributed by atoms with E-state index in [4.69, 9.17) is 0 Å². The molecule has 0 bridgehead atoms. The molecule has 33 heavy (non-hydrogen) atoms. The zero-order valence-electron chi connectivity index (χ0n) is 17.5. The standard InChI is InChI=1S/C24H19F2N5O2/c1-15-22(29-30-31(15)21-11-9-19(26)10-12-21)24(33)27-14-16-3-2-4-20(13-16)28-23(32)17-5-7-18(25)8-6-17/h2-13H,14H2,1H3,(H,27,33)(H,28,32). The van der Waals surface area contributed by atoms with Crippen molar-refractivity contribution in [3.63, 3.8) is 0 Å². The van der Waals surface area contributed by atoms with Crippen LogP contribution in [0.1, 0.15) is 32.1 Å². The largest absolute Gasteiger partial charge is 0.347 e. The Morgan fingerprint density at radius 1 is 0.909 bits per heavy atom. The highest BCUT2D eigenvalue weighted by molar-refractivity contribution is 6.04. The molecule has 3 aromatic carbocycles. The molecule has 0 fully saturated rings. The van der Waals surface area contributed by atoms with Gasteiger partial charge in [0.2, 0.25) is 0 Å². The molecule has 7 nitrogen and oxygen atoms in total. The summed E-state index contributed by atoms with van der Waals surface area (Å²) in [6, 6.07) is 17.9. The third-order valence-corrected chi connectivity index (χ3v) is 4.93. The molecular formula is C24H19F2N5O2. The van der Waals surface area contributed by atoms with Gasteiger partial charge < -0.3 is 10.6 Å². The van der Waals surface area contributed by atoms with Crippen molar-refractivity contribution in [3.05, 3.63) is 107 Å². The van der Waals surface area contributed by atoms with Crippen LogP contribution in [0.25, 0.3) is 5.69 Å². The number of hydrogen-bond acceptors (Lipinski definition) is 4. The van der Waals surface area contributed by atoms with Crippen LogP contribution in [0.15, 0.2) is 72.8 Å². The third kappa shape index (κ3) is 5.09. The smallest absolute Gasteiger partial charge is 0.274 e. The molecule has 4 aromatic rings. The van der Waals surface area contributed by atoms with E-state index in [9.17, 15) is 18.4 Å². The summed E-state index contributed by atoms with van der Waals surface area (Å²) >= 11 is 0. The molecule has 1 heterocycles. The Bertz CT molecular complexity index is 1300. The van der Waals surface area contributed by atoms with Crippen LogP contribution in [-0.2, 0) is 6.54 Å². The van der Waals surface area contributed by atoms with Gasteiger partial charge in [0.15, 0.2) is 5.69 Å². The van der Waals surface area contributed by atoms with Crippen LogP contribution >= 0.6 is 0 Å². The highest BCUT2D eigenvalue weighted by atomic mass is 19.1. The van der Waals surface area contributed by atoms with Gasteiger partial charge in [0, 0.05) is 17.8 Å². The van der Waals surface area contributed by atoms with E-state index in [1.54, 1.807) is 43.3 Å². The lowest BCUT2D eigenvalue weighted by atomic mass is 10.1. The first-order valence-corrected chi connectivity index (χ1v) is 10.0. The first-order chi connectivity index (χ1) is 15.9. The fraction of sp³-hybridized carbons (Fsp3) is 0.0833. The maximum Gasteiger partial charge on any atom is 0.274 e. The number of rotatable bonds is 6. The maximum absolute atomic E-state index is 13.2. The van der Waals surface area contributed by atoms with Gasteiger partial charge in [-0.25, -0.2) is 13.5 Å². The number of anilines is 1. The summed E-state index contributed by atoms with van der Waals surface area (Å²) in [6.45, 7) is 1.89. The Morgan fingerprint density at radius 2 is 1.58 bits per heavy atom. The summed E-state index contributed by atoms with van der Waals surface area (Å²) in [4.78, 5) is 24.9. The van der Waals surface area contributed by atoms with Crippen molar-refractivity contribution in [3.8, 4) is 5.69 Å². The van der Waals surface area contributed by atoms with Gasteiger partial charge in [0.05, 0.1) is 11.4 Å². The number of benzene rings is 3. The monoisotopic (exact) mass is 447 g/mol. The van der Waals surface area contributed by atoms with Crippen molar-refractivity contribution < 1.29 is 18.4 Å². The Kier molecular flexibility index (Phi) is 6.21. The normalized spacial score (nSPS) is 10.6. The Balaban J connectivity index is 1.40. The highest BCUT2D eigenvalue weighted by Crippen LogP contribution is 2.15. The molecule has 0 radical (unpaired) electrons. The van der Waals surface area contributed by atoms with Crippen molar-refractivity contribution in [2.45, 2.75) is 13.5 Å². The number of halogens is 2. The number of nitrogens with one attached hydrogen (secondary N) is 2. The zero-order chi connectivity index (χ0) is 23.4. The Morgan fingerprint density at radius 3 is 2.27 bits per heavy atom. The van der Waals surface area contributed by atoms with Crippen LogP contribution in [0, 0.1) is 18.6 Å². The summed E-state index contributed by atoms with van der Waals surface area (Å²) < 4.78 is 27.6. The minimum atomic E-state index is -0.419. The summed E-state index contributed by atoms with van der Waals surface area (Å²) in [5.74, 6) is -1.58. The Hall–Kier alpha value is -4.40. The Labute approximate surface area is 188 Å². The van der Waals surface area contributed by atoms with Crippen LogP contribution in [-0.4, -0.2) is 26.8 Å². The predicted octanol–water partition coefficient (Wildman–Crippen LogP) is 4.04.